The molecule has 2 heterocycles. The fourth-order valence-electron chi connectivity index (χ4n) is 2.05. The second-order valence-electron chi connectivity index (χ2n) is 5.14. The molecule has 2 atom stereocenters. The SMILES string of the molecule is Cn1nncc1C1NCC1C(C)(C)C. The van der Waals surface area contributed by atoms with Gasteiger partial charge in [0.05, 0.1) is 17.9 Å². The van der Waals surface area contributed by atoms with Crippen molar-refractivity contribution in [2.45, 2.75) is 26.8 Å². The molecule has 78 valence electrons. The predicted molar refractivity (Wildman–Crippen MR) is 54.7 cm³/mol. The molecular weight excluding hydrogens is 176 g/mol. The molecule has 0 saturated carbocycles. The smallest absolute Gasteiger partial charge is 0.0756 e. The highest BCUT2D eigenvalue weighted by atomic mass is 15.4. The monoisotopic (exact) mass is 194 g/mol. The summed E-state index contributed by atoms with van der Waals surface area (Å²) in [5.74, 6) is 0.680. The molecule has 0 radical (unpaired) electrons. The first-order valence-corrected chi connectivity index (χ1v) is 5.08. The van der Waals surface area contributed by atoms with Crippen molar-refractivity contribution < 1.29 is 0 Å². The number of nitrogens with one attached hydrogen (secondary N) is 1. The Labute approximate surface area is 84.7 Å². The first kappa shape index (κ1) is 9.65. The van der Waals surface area contributed by atoms with Crippen LogP contribution in [0.5, 0.6) is 0 Å². The van der Waals surface area contributed by atoms with Gasteiger partial charge in [-0.15, -0.1) is 5.10 Å². The first-order chi connectivity index (χ1) is 6.50. The van der Waals surface area contributed by atoms with Crippen molar-refractivity contribution in [3.8, 4) is 0 Å². The summed E-state index contributed by atoms with van der Waals surface area (Å²) >= 11 is 0. The molecule has 1 aliphatic heterocycles. The summed E-state index contributed by atoms with van der Waals surface area (Å²) in [5, 5.41) is 11.3. The minimum atomic E-state index is 0.347. The van der Waals surface area contributed by atoms with Crippen LogP contribution in [0.25, 0.3) is 0 Å². The van der Waals surface area contributed by atoms with Gasteiger partial charge in [0, 0.05) is 13.6 Å². The van der Waals surface area contributed by atoms with Crippen LogP contribution in [0.2, 0.25) is 0 Å². The summed E-state index contributed by atoms with van der Waals surface area (Å²) in [5.41, 5.74) is 1.54. The van der Waals surface area contributed by atoms with E-state index in [9.17, 15) is 0 Å². The van der Waals surface area contributed by atoms with Crippen LogP contribution in [-0.2, 0) is 7.05 Å². The van der Waals surface area contributed by atoms with E-state index in [2.05, 4.69) is 36.4 Å². The van der Waals surface area contributed by atoms with E-state index in [4.69, 9.17) is 0 Å². The van der Waals surface area contributed by atoms with Gasteiger partial charge >= 0.3 is 0 Å². The maximum absolute atomic E-state index is 3.96. The van der Waals surface area contributed by atoms with Crippen LogP contribution in [0, 0.1) is 11.3 Å². The average Bonchev–Trinajstić information content (AvgIpc) is 2.30. The molecule has 1 fully saturated rings. The lowest BCUT2D eigenvalue weighted by Crippen LogP contribution is -2.52. The summed E-state index contributed by atoms with van der Waals surface area (Å²) in [6, 6.07) is 0.426. The van der Waals surface area contributed by atoms with Crippen LogP contribution in [0.3, 0.4) is 0 Å². The van der Waals surface area contributed by atoms with Gasteiger partial charge in [-0.25, -0.2) is 0 Å². The molecule has 0 aromatic carbocycles. The molecule has 4 heteroatoms. The van der Waals surface area contributed by atoms with Gasteiger partial charge in [0.2, 0.25) is 0 Å². The Morgan fingerprint density at radius 1 is 1.50 bits per heavy atom. The van der Waals surface area contributed by atoms with Gasteiger partial charge in [-0.05, 0) is 11.3 Å². The molecule has 1 aromatic rings. The molecular formula is C10H18N4. The van der Waals surface area contributed by atoms with E-state index in [-0.39, 0.29) is 0 Å². The third-order valence-electron chi connectivity index (χ3n) is 3.14. The molecule has 1 aromatic heterocycles. The number of aryl methyl sites for hydroxylation is 1. The molecule has 1 aliphatic rings. The molecule has 0 spiro atoms. The van der Waals surface area contributed by atoms with Gasteiger partial charge in [-0.3, -0.25) is 4.68 Å². The topological polar surface area (TPSA) is 42.7 Å². The standard InChI is InChI=1S/C10H18N4/c1-10(2,3)7-5-11-9(7)8-6-12-13-14(8)4/h6-7,9,11H,5H2,1-4H3. The van der Waals surface area contributed by atoms with Crippen LogP contribution < -0.4 is 5.32 Å². The van der Waals surface area contributed by atoms with Crippen LogP contribution in [-0.4, -0.2) is 21.5 Å². The third kappa shape index (κ3) is 1.43. The molecule has 0 aliphatic carbocycles. The van der Waals surface area contributed by atoms with E-state index in [1.165, 1.54) is 5.69 Å². The zero-order chi connectivity index (χ0) is 10.3. The molecule has 4 nitrogen and oxygen atoms in total. The highest BCUT2D eigenvalue weighted by Crippen LogP contribution is 2.40. The fourth-order valence-corrected chi connectivity index (χ4v) is 2.05. The number of hydrogen-bond acceptors (Lipinski definition) is 3. The summed E-state index contributed by atoms with van der Waals surface area (Å²) in [6.45, 7) is 7.96. The van der Waals surface area contributed by atoms with Crippen molar-refractivity contribution >= 4 is 0 Å². The second kappa shape index (κ2) is 3.05. The van der Waals surface area contributed by atoms with Crippen LogP contribution >= 0.6 is 0 Å². The second-order valence-corrected chi connectivity index (χ2v) is 5.14. The largest absolute Gasteiger partial charge is 0.308 e. The summed E-state index contributed by atoms with van der Waals surface area (Å²) < 4.78 is 1.86. The van der Waals surface area contributed by atoms with E-state index in [1.54, 1.807) is 0 Å². The highest BCUT2D eigenvalue weighted by molar-refractivity contribution is 5.11. The summed E-state index contributed by atoms with van der Waals surface area (Å²) in [7, 11) is 1.95. The zero-order valence-electron chi connectivity index (χ0n) is 9.28. The maximum Gasteiger partial charge on any atom is 0.0756 e. The van der Waals surface area contributed by atoms with Crippen molar-refractivity contribution in [3.63, 3.8) is 0 Å². The normalized spacial score (nSPS) is 27.4. The molecule has 1 N–H and O–H groups in total. The number of hydrogen-bond donors (Lipinski definition) is 1. The van der Waals surface area contributed by atoms with Crippen molar-refractivity contribution in [1.29, 1.82) is 0 Å². The summed E-state index contributed by atoms with van der Waals surface area (Å²) in [4.78, 5) is 0. The maximum atomic E-state index is 3.96. The fraction of sp³-hybridized carbons (Fsp3) is 0.800. The van der Waals surface area contributed by atoms with E-state index < -0.39 is 0 Å². The van der Waals surface area contributed by atoms with Gasteiger partial charge in [0.25, 0.3) is 0 Å². The Morgan fingerprint density at radius 3 is 2.57 bits per heavy atom. The molecule has 0 amide bonds. The minimum Gasteiger partial charge on any atom is -0.308 e. The lowest BCUT2D eigenvalue weighted by atomic mass is 9.71. The molecule has 1 saturated heterocycles. The Hall–Kier alpha value is -0.900. The Bertz CT molecular complexity index is 323. The molecule has 2 rings (SSSR count). The number of nitrogens with zero attached hydrogens (tertiary/aromatic N) is 3. The predicted octanol–water partition coefficient (Wildman–Crippen LogP) is 1.12. The number of rotatable bonds is 1. The van der Waals surface area contributed by atoms with E-state index in [0.29, 0.717) is 17.4 Å². The van der Waals surface area contributed by atoms with Crippen LogP contribution in [0.15, 0.2) is 6.20 Å². The molecule has 14 heavy (non-hydrogen) atoms. The third-order valence-corrected chi connectivity index (χ3v) is 3.14. The minimum absolute atomic E-state index is 0.347. The Kier molecular flexibility index (Phi) is 2.10. The number of aromatic nitrogens is 3. The van der Waals surface area contributed by atoms with Gasteiger partial charge in [0.1, 0.15) is 0 Å². The quantitative estimate of drug-likeness (QED) is 0.728. The molecule has 0 bridgehead atoms. The summed E-state index contributed by atoms with van der Waals surface area (Å²) in [6.07, 6.45) is 1.86. The lowest BCUT2D eigenvalue weighted by Gasteiger charge is -2.45. The van der Waals surface area contributed by atoms with Crippen LogP contribution in [0.4, 0.5) is 0 Å². The van der Waals surface area contributed by atoms with E-state index in [1.807, 2.05) is 17.9 Å². The van der Waals surface area contributed by atoms with Gasteiger partial charge < -0.3 is 5.32 Å². The highest BCUT2D eigenvalue weighted by Gasteiger charge is 2.41. The average molecular weight is 194 g/mol. The van der Waals surface area contributed by atoms with Gasteiger partial charge in [-0.1, -0.05) is 26.0 Å². The van der Waals surface area contributed by atoms with Crippen molar-refractivity contribution in [2.24, 2.45) is 18.4 Å². The van der Waals surface area contributed by atoms with E-state index >= 15 is 0 Å². The Balaban J connectivity index is 2.18. The Morgan fingerprint density at radius 2 is 2.21 bits per heavy atom. The lowest BCUT2D eigenvalue weighted by molar-refractivity contribution is 0.0938. The van der Waals surface area contributed by atoms with Crippen molar-refractivity contribution in [3.05, 3.63) is 11.9 Å². The van der Waals surface area contributed by atoms with Crippen molar-refractivity contribution in [1.82, 2.24) is 20.3 Å². The van der Waals surface area contributed by atoms with Gasteiger partial charge in [-0.2, -0.15) is 0 Å². The van der Waals surface area contributed by atoms with Gasteiger partial charge in [0.15, 0.2) is 0 Å². The van der Waals surface area contributed by atoms with Crippen LogP contribution in [0.1, 0.15) is 32.5 Å². The zero-order valence-corrected chi connectivity index (χ0v) is 9.28. The van der Waals surface area contributed by atoms with Crippen molar-refractivity contribution in [2.75, 3.05) is 6.54 Å². The first-order valence-electron chi connectivity index (χ1n) is 5.08. The molecule has 2 unspecified atom stereocenters. The van der Waals surface area contributed by atoms with E-state index in [0.717, 1.165) is 6.54 Å².